The number of carbonyl (C=O) groups is 1. The molecule has 0 unspecified atom stereocenters. The summed E-state index contributed by atoms with van der Waals surface area (Å²) in [5.74, 6) is 1.34. The average Bonchev–Trinajstić information content (AvgIpc) is 2.40. The highest BCUT2D eigenvalue weighted by molar-refractivity contribution is 5.79. The van der Waals surface area contributed by atoms with E-state index in [1.165, 1.54) is 0 Å². The number of aromatic nitrogens is 2. The first-order valence-electron chi connectivity index (χ1n) is 4.13. The van der Waals surface area contributed by atoms with Crippen molar-refractivity contribution in [3.8, 4) is 0 Å². The van der Waals surface area contributed by atoms with Crippen LogP contribution < -0.4 is 5.73 Å². The molecule has 0 fully saturated rings. The number of imidazole rings is 1. The number of nitrogens with two attached hydrogens (primary N) is 1. The van der Waals surface area contributed by atoms with Crippen molar-refractivity contribution in [2.24, 2.45) is 0 Å². The van der Waals surface area contributed by atoms with Gasteiger partial charge in [0.05, 0.1) is 0 Å². The number of hydrogen-bond donors (Lipinski definition) is 1. The number of nitrogen functional groups attached to an aromatic ring is 1. The monoisotopic (exact) mass is 165 g/mol. The molecule has 0 aromatic carbocycles. The molecule has 1 aliphatic heterocycles. The summed E-state index contributed by atoms with van der Waals surface area (Å²) >= 11 is 0. The number of rotatable bonds is 1. The Balaban J connectivity index is 2.53. The van der Waals surface area contributed by atoms with Crippen LogP contribution in [-0.2, 0) is 13.0 Å². The Kier molecular flexibility index (Phi) is 1.60. The van der Waals surface area contributed by atoms with Gasteiger partial charge in [-0.1, -0.05) is 0 Å². The highest BCUT2D eigenvalue weighted by Gasteiger charge is 2.16. The Morgan fingerprint density at radius 3 is 3.08 bits per heavy atom. The fraction of sp³-hybridized carbons (Fsp3) is 0.500. The van der Waals surface area contributed by atoms with Gasteiger partial charge in [-0.15, -0.1) is 0 Å². The smallest absolute Gasteiger partial charge is 0.170 e. The van der Waals surface area contributed by atoms with Gasteiger partial charge in [0.1, 0.15) is 11.5 Å². The van der Waals surface area contributed by atoms with E-state index < -0.39 is 0 Å². The largest absolute Gasteiger partial charge is 0.382 e. The summed E-state index contributed by atoms with van der Waals surface area (Å²) in [6.07, 6.45) is 3.99. The van der Waals surface area contributed by atoms with Gasteiger partial charge in [0.15, 0.2) is 12.1 Å². The summed E-state index contributed by atoms with van der Waals surface area (Å²) in [6, 6.07) is 0. The van der Waals surface area contributed by atoms with E-state index >= 15 is 0 Å². The lowest BCUT2D eigenvalue weighted by Gasteiger charge is -2.13. The van der Waals surface area contributed by atoms with Crippen molar-refractivity contribution < 1.29 is 4.79 Å². The van der Waals surface area contributed by atoms with E-state index in [-0.39, 0.29) is 0 Å². The zero-order valence-corrected chi connectivity index (χ0v) is 6.79. The maximum atomic E-state index is 10.6. The highest BCUT2D eigenvalue weighted by atomic mass is 16.1. The second kappa shape index (κ2) is 2.62. The fourth-order valence-corrected chi connectivity index (χ4v) is 1.65. The lowest BCUT2D eigenvalue weighted by molar-refractivity contribution is 0.111. The third-order valence-corrected chi connectivity index (χ3v) is 2.26. The summed E-state index contributed by atoms with van der Waals surface area (Å²) in [5, 5.41) is 0. The van der Waals surface area contributed by atoms with Crippen LogP contribution in [-0.4, -0.2) is 15.8 Å². The van der Waals surface area contributed by atoms with Crippen LogP contribution in [0.25, 0.3) is 0 Å². The van der Waals surface area contributed by atoms with Crippen LogP contribution in [0.5, 0.6) is 0 Å². The summed E-state index contributed by atoms with van der Waals surface area (Å²) in [5.41, 5.74) is 6.11. The second-order valence-electron chi connectivity index (χ2n) is 3.03. The first-order valence-corrected chi connectivity index (χ1v) is 4.13. The third-order valence-electron chi connectivity index (χ3n) is 2.26. The minimum absolute atomic E-state index is 0.377. The summed E-state index contributed by atoms with van der Waals surface area (Å²) in [7, 11) is 0. The minimum Gasteiger partial charge on any atom is -0.382 e. The van der Waals surface area contributed by atoms with Gasteiger partial charge in [-0.25, -0.2) is 4.98 Å². The molecule has 0 atom stereocenters. The summed E-state index contributed by atoms with van der Waals surface area (Å²) in [6.45, 7) is 0.883. The molecule has 4 heteroatoms. The fourth-order valence-electron chi connectivity index (χ4n) is 1.65. The van der Waals surface area contributed by atoms with E-state index in [1.54, 1.807) is 0 Å². The topological polar surface area (TPSA) is 60.9 Å². The molecule has 2 heterocycles. The number of carbonyl (C=O) groups excluding carboxylic acids is 1. The minimum atomic E-state index is 0.377. The van der Waals surface area contributed by atoms with E-state index in [0.29, 0.717) is 11.5 Å². The molecule has 0 saturated heterocycles. The lowest BCUT2D eigenvalue weighted by atomic mass is 10.2. The molecule has 0 aliphatic carbocycles. The van der Waals surface area contributed by atoms with E-state index in [4.69, 9.17) is 5.73 Å². The Hall–Kier alpha value is -1.32. The number of aryl methyl sites for hydroxylation is 1. The van der Waals surface area contributed by atoms with Crippen LogP contribution in [0.3, 0.4) is 0 Å². The Morgan fingerprint density at radius 2 is 2.33 bits per heavy atom. The molecule has 1 aromatic rings. The molecule has 4 nitrogen and oxygen atoms in total. The molecular formula is C8H11N3O. The normalized spacial score (nSPS) is 15.7. The number of anilines is 1. The molecule has 0 spiro atoms. The summed E-state index contributed by atoms with van der Waals surface area (Å²) in [4.78, 5) is 14.8. The SMILES string of the molecule is Nc1nc2n(c1C=O)CCCC2. The predicted molar refractivity (Wildman–Crippen MR) is 45.0 cm³/mol. The maximum Gasteiger partial charge on any atom is 0.170 e. The summed E-state index contributed by atoms with van der Waals surface area (Å²) < 4.78 is 1.92. The molecule has 0 amide bonds. The number of aldehydes is 1. The molecule has 0 radical (unpaired) electrons. The Labute approximate surface area is 70.4 Å². The maximum absolute atomic E-state index is 10.6. The van der Waals surface area contributed by atoms with Crippen LogP contribution in [0.15, 0.2) is 0 Å². The van der Waals surface area contributed by atoms with Gasteiger partial charge in [-0.2, -0.15) is 0 Å². The van der Waals surface area contributed by atoms with Gasteiger partial charge in [-0.05, 0) is 12.8 Å². The van der Waals surface area contributed by atoms with E-state index in [9.17, 15) is 4.79 Å². The van der Waals surface area contributed by atoms with Crippen LogP contribution in [0.4, 0.5) is 5.82 Å². The predicted octanol–water partition coefficient (Wildman–Crippen LogP) is 0.614. The molecular weight excluding hydrogens is 154 g/mol. The Bertz CT molecular complexity index is 316. The van der Waals surface area contributed by atoms with E-state index in [2.05, 4.69) is 4.98 Å². The standard InChI is InChI=1S/C8H11N3O/c9-8-6(5-12)11-4-2-1-3-7(11)10-8/h5H,1-4,9H2. The first-order chi connectivity index (χ1) is 5.83. The average molecular weight is 165 g/mol. The molecule has 2 rings (SSSR count). The van der Waals surface area contributed by atoms with Crippen LogP contribution in [0.1, 0.15) is 29.2 Å². The van der Waals surface area contributed by atoms with Gasteiger partial charge in [0.25, 0.3) is 0 Å². The van der Waals surface area contributed by atoms with Gasteiger partial charge < -0.3 is 10.3 Å². The van der Waals surface area contributed by atoms with Gasteiger partial charge in [0.2, 0.25) is 0 Å². The van der Waals surface area contributed by atoms with Crippen LogP contribution in [0.2, 0.25) is 0 Å². The first kappa shape index (κ1) is 7.34. The Morgan fingerprint density at radius 1 is 1.50 bits per heavy atom. The van der Waals surface area contributed by atoms with E-state index in [1.807, 2.05) is 4.57 Å². The molecule has 0 saturated carbocycles. The third kappa shape index (κ3) is 0.913. The van der Waals surface area contributed by atoms with Crippen molar-refractivity contribution in [2.75, 3.05) is 5.73 Å². The highest BCUT2D eigenvalue weighted by Crippen LogP contribution is 2.19. The van der Waals surface area contributed by atoms with Crippen LogP contribution >= 0.6 is 0 Å². The van der Waals surface area contributed by atoms with Crippen molar-refractivity contribution in [2.45, 2.75) is 25.8 Å². The number of nitrogens with zero attached hydrogens (tertiary/aromatic N) is 2. The van der Waals surface area contributed by atoms with Gasteiger partial charge >= 0.3 is 0 Å². The molecule has 64 valence electrons. The number of fused-ring (bicyclic) bond motifs is 1. The van der Waals surface area contributed by atoms with Gasteiger partial charge in [-0.3, -0.25) is 4.79 Å². The second-order valence-corrected chi connectivity index (χ2v) is 3.03. The van der Waals surface area contributed by atoms with Crippen molar-refractivity contribution in [1.29, 1.82) is 0 Å². The lowest BCUT2D eigenvalue weighted by Crippen LogP contribution is -2.12. The van der Waals surface area contributed by atoms with Crippen LogP contribution in [0, 0.1) is 0 Å². The molecule has 1 aliphatic rings. The van der Waals surface area contributed by atoms with Crippen molar-refractivity contribution in [1.82, 2.24) is 9.55 Å². The van der Waals surface area contributed by atoms with Crippen molar-refractivity contribution in [3.63, 3.8) is 0 Å². The van der Waals surface area contributed by atoms with Crippen molar-refractivity contribution in [3.05, 3.63) is 11.5 Å². The zero-order chi connectivity index (χ0) is 8.55. The molecule has 2 N–H and O–H groups in total. The van der Waals surface area contributed by atoms with Gasteiger partial charge in [0, 0.05) is 13.0 Å². The van der Waals surface area contributed by atoms with E-state index in [0.717, 1.165) is 37.9 Å². The molecule has 0 bridgehead atoms. The number of hydrogen-bond acceptors (Lipinski definition) is 3. The molecule has 12 heavy (non-hydrogen) atoms. The van der Waals surface area contributed by atoms with Crippen molar-refractivity contribution >= 4 is 12.1 Å². The quantitative estimate of drug-likeness (QED) is 0.620. The molecule has 1 aromatic heterocycles. The zero-order valence-electron chi connectivity index (χ0n) is 6.79.